The minimum Gasteiger partial charge on any atom is -0.490 e. The van der Waals surface area contributed by atoms with Gasteiger partial charge in [0.05, 0.1) is 24.4 Å². The summed E-state index contributed by atoms with van der Waals surface area (Å²) in [7, 11) is 1.71. The monoisotopic (exact) mass is 415 g/mol. The first-order chi connectivity index (χ1) is 14.1. The largest absolute Gasteiger partial charge is 0.490 e. The standard InChI is InChI=1S/C22H26FN3O4/c1-13(10-22(2,3)25-21(28)29)12-30-18-6-5-14(9-16(18)23)15-7-8-24-17-11-26(4)20(27)19(15)17/h5-9,13,25H,10-12H2,1-4H3,(H,28,29)/t13-/m0/s1. The molecule has 3 rings (SSSR count). The van der Waals surface area contributed by atoms with Crippen LogP contribution in [0.2, 0.25) is 0 Å². The Morgan fingerprint density at radius 2 is 2.13 bits per heavy atom. The number of carbonyl (C=O) groups is 2. The summed E-state index contributed by atoms with van der Waals surface area (Å²) < 4.78 is 20.3. The summed E-state index contributed by atoms with van der Waals surface area (Å²) >= 11 is 0. The third-order valence-electron chi connectivity index (χ3n) is 5.05. The second-order valence-corrected chi connectivity index (χ2v) is 8.42. The molecule has 0 unspecified atom stereocenters. The number of ether oxygens (including phenoxy) is 1. The Balaban J connectivity index is 1.71. The zero-order valence-electron chi connectivity index (χ0n) is 17.5. The van der Waals surface area contributed by atoms with Crippen molar-refractivity contribution in [1.82, 2.24) is 15.2 Å². The van der Waals surface area contributed by atoms with Crippen molar-refractivity contribution in [2.45, 2.75) is 39.3 Å². The van der Waals surface area contributed by atoms with Gasteiger partial charge in [-0.3, -0.25) is 9.78 Å². The predicted octanol–water partition coefficient (Wildman–Crippen LogP) is 3.92. The Morgan fingerprint density at radius 3 is 2.80 bits per heavy atom. The van der Waals surface area contributed by atoms with Gasteiger partial charge in [-0.05, 0) is 55.5 Å². The van der Waals surface area contributed by atoms with Crippen LogP contribution in [0.15, 0.2) is 30.5 Å². The summed E-state index contributed by atoms with van der Waals surface area (Å²) in [5, 5.41) is 11.4. The summed E-state index contributed by atoms with van der Waals surface area (Å²) in [5.41, 5.74) is 1.82. The first kappa shape index (κ1) is 21.5. The molecule has 0 spiro atoms. The molecule has 2 heterocycles. The second-order valence-electron chi connectivity index (χ2n) is 8.42. The van der Waals surface area contributed by atoms with Crippen LogP contribution in [-0.4, -0.2) is 46.2 Å². The van der Waals surface area contributed by atoms with Gasteiger partial charge in [0.25, 0.3) is 5.91 Å². The number of nitrogens with zero attached hydrogens (tertiary/aromatic N) is 2. The smallest absolute Gasteiger partial charge is 0.405 e. The number of carbonyl (C=O) groups excluding carboxylic acids is 1. The number of rotatable bonds is 7. The molecule has 1 aromatic carbocycles. The van der Waals surface area contributed by atoms with E-state index in [1.54, 1.807) is 50.2 Å². The number of nitrogens with one attached hydrogen (secondary N) is 1. The number of amides is 2. The number of aromatic nitrogens is 1. The van der Waals surface area contributed by atoms with Gasteiger partial charge in [0, 0.05) is 18.8 Å². The van der Waals surface area contributed by atoms with Crippen LogP contribution in [-0.2, 0) is 6.54 Å². The van der Waals surface area contributed by atoms with Gasteiger partial charge in [0.1, 0.15) is 0 Å². The van der Waals surface area contributed by atoms with Crippen LogP contribution in [0.4, 0.5) is 9.18 Å². The summed E-state index contributed by atoms with van der Waals surface area (Å²) in [6.45, 7) is 6.18. The van der Waals surface area contributed by atoms with Gasteiger partial charge in [0.15, 0.2) is 11.6 Å². The second kappa shape index (κ2) is 8.30. The summed E-state index contributed by atoms with van der Waals surface area (Å²) in [5.74, 6) is -0.529. The lowest BCUT2D eigenvalue weighted by molar-refractivity contribution is 0.0816. The van der Waals surface area contributed by atoms with Crippen molar-refractivity contribution in [3.05, 3.63) is 47.5 Å². The molecular weight excluding hydrogens is 389 g/mol. The normalized spacial score (nSPS) is 14.4. The fraction of sp³-hybridized carbons (Fsp3) is 0.409. The van der Waals surface area contributed by atoms with Gasteiger partial charge in [-0.25, -0.2) is 9.18 Å². The molecule has 7 nitrogen and oxygen atoms in total. The van der Waals surface area contributed by atoms with Crippen LogP contribution in [0.1, 0.15) is 43.2 Å². The van der Waals surface area contributed by atoms with Crippen LogP contribution in [0, 0.1) is 11.7 Å². The van der Waals surface area contributed by atoms with Crippen molar-refractivity contribution >= 4 is 12.0 Å². The Labute approximate surface area is 174 Å². The van der Waals surface area contributed by atoms with E-state index in [0.717, 1.165) is 0 Å². The predicted molar refractivity (Wildman–Crippen MR) is 110 cm³/mol. The minimum absolute atomic E-state index is 0.00236. The molecule has 2 amide bonds. The Morgan fingerprint density at radius 1 is 1.40 bits per heavy atom. The van der Waals surface area contributed by atoms with Gasteiger partial charge < -0.3 is 20.1 Å². The summed E-state index contributed by atoms with van der Waals surface area (Å²) in [6, 6.07) is 6.34. The molecule has 1 atom stereocenters. The maximum Gasteiger partial charge on any atom is 0.405 e. The number of benzene rings is 1. The number of halogens is 1. The third-order valence-corrected chi connectivity index (χ3v) is 5.05. The zero-order valence-corrected chi connectivity index (χ0v) is 17.5. The average molecular weight is 415 g/mol. The molecule has 1 aromatic heterocycles. The minimum atomic E-state index is -1.08. The van der Waals surface area contributed by atoms with Gasteiger partial charge in [0.2, 0.25) is 0 Å². The van der Waals surface area contributed by atoms with Crippen LogP contribution >= 0.6 is 0 Å². The van der Waals surface area contributed by atoms with Crippen LogP contribution in [0.3, 0.4) is 0 Å². The number of hydrogen-bond donors (Lipinski definition) is 2. The van der Waals surface area contributed by atoms with Gasteiger partial charge in [-0.2, -0.15) is 0 Å². The number of pyridine rings is 1. The molecule has 1 aliphatic rings. The van der Waals surface area contributed by atoms with E-state index in [1.807, 2.05) is 6.92 Å². The highest BCUT2D eigenvalue weighted by Gasteiger charge is 2.29. The summed E-state index contributed by atoms with van der Waals surface area (Å²) in [6.07, 6.45) is 1.08. The lowest BCUT2D eigenvalue weighted by atomic mass is 9.92. The first-order valence-corrected chi connectivity index (χ1v) is 9.74. The molecule has 0 aliphatic carbocycles. The van der Waals surface area contributed by atoms with E-state index >= 15 is 0 Å². The maximum absolute atomic E-state index is 14.7. The fourth-order valence-corrected chi connectivity index (χ4v) is 3.88. The van der Waals surface area contributed by atoms with Crippen molar-refractivity contribution in [3.63, 3.8) is 0 Å². The molecule has 1 aliphatic heterocycles. The topological polar surface area (TPSA) is 91.8 Å². The number of hydrogen-bond acceptors (Lipinski definition) is 4. The Kier molecular flexibility index (Phi) is 5.96. The van der Waals surface area contributed by atoms with E-state index in [4.69, 9.17) is 9.84 Å². The van der Waals surface area contributed by atoms with Crippen molar-refractivity contribution in [2.75, 3.05) is 13.7 Å². The Bertz CT molecular complexity index is 977. The highest BCUT2D eigenvalue weighted by Crippen LogP contribution is 2.33. The van der Waals surface area contributed by atoms with Gasteiger partial charge in [-0.1, -0.05) is 13.0 Å². The van der Waals surface area contributed by atoms with E-state index in [1.165, 1.54) is 6.07 Å². The van der Waals surface area contributed by atoms with Gasteiger partial charge in [-0.15, -0.1) is 0 Å². The lowest BCUT2D eigenvalue weighted by Crippen LogP contribution is -2.44. The van der Waals surface area contributed by atoms with E-state index in [9.17, 15) is 14.0 Å². The van der Waals surface area contributed by atoms with E-state index < -0.39 is 17.4 Å². The van der Waals surface area contributed by atoms with E-state index in [-0.39, 0.29) is 24.2 Å². The number of carboxylic acid groups (broad SMARTS) is 1. The van der Waals surface area contributed by atoms with Gasteiger partial charge >= 0.3 is 6.09 Å². The quantitative estimate of drug-likeness (QED) is 0.715. The van der Waals surface area contributed by atoms with Crippen LogP contribution in [0.25, 0.3) is 11.1 Å². The molecule has 2 N–H and O–H groups in total. The zero-order chi connectivity index (χ0) is 22.1. The lowest BCUT2D eigenvalue weighted by Gasteiger charge is -2.28. The van der Waals surface area contributed by atoms with E-state index in [2.05, 4.69) is 10.3 Å². The average Bonchev–Trinajstić information content (AvgIpc) is 2.93. The Hall–Kier alpha value is -3.16. The van der Waals surface area contributed by atoms with Crippen molar-refractivity contribution < 1.29 is 23.8 Å². The van der Waals surface area contributed by atoms with Crippen LogP contribution in [0.5, 0.6) is 5.75 Å². The van der Waals surface area contributed by atoms with Crippen molar-refractivity contribution in [2.24, 2.45) is 5.92 Å². The van der Waals surface area contributed by atoms with E-state index in [0.29, 0.717) is 35.3 Å². The molecule has 8 heteroatoms. The third kappa shape index (κ3) is 4.69. The molecule has 160 valence electrons. The highest BCUT2D eigenvalue weighted by molar-refractivity contribution is 6.03. The molecular formula is C22H26FN3O4. The summed E-state index contributed by atoms with van der Waals surface area (Å²) in [4.78, 5) is 29.1. The molecule has 0 saturated carbocycles. The van der Waals surface area contributed by atoms with Crippen molar-refractivity contribution in [3.8, 4) is 16.9 Å². The SMILES string of the molecule is C[C@H](COc1ccc(-c2ccnc3c2C(=O)N(C)C3)cc1F)CC(C)(C)NC(=O)O. The molecule has 0 bridgehead atoms. The molecule has 0 radical (unpaired) electrons. The molecule has 0 saturated heterocycles. The van der Waals surface area contributed by atoms with Crippen molar-refractivity contribution in [1.29, 1.82) is 0 Å². The van der Waals surface area contributed by atoms with Crippen LogP contribution < -0.4 is 10.1 Å². The first-order valence-electron chi connectivity index (χ1n) is 9.74. The number of fused-ring (bicyclic) bond motifs is 1. The maximum atomic E-state index is 14.7. The highest BCUT2D eigenvalue weighted by atomic mass is 19.1. The molecule has 0 fully saturated rings. The molecule has 30 heavy (non-hydrogen) atoms. The fourth-order valence-electron chi connectivity index (χ4n) is 3.88. The molecule has 2 aromatic rings.